The third-order valence-electron chi connectivity index (χ3n) is 4.09. The lowest BCUT2D eigenvalue weighted by atomic mass is 10.2. The third kappa shape index (κ3) is 3.60. The van der Waals surface area contributed by atoms with E-state index in [0.717, 1.165) is 18.2 Å². The molecule has 1 fully saturated rings. The summed E-state index contributed by atoms with van der Waals surface area (Å²) in [4.78, 5) is 15.7. The average molecular weight is 277 g/mol. The maximum Gasteiger partial charge on any atom is 0.171 e. The SMILES string of the molecule is C[C@@H](CCN(C)c1nccnc1N(C)C)N1CCCC1. The van der Waals surface area contributed by atoms with Crippen molar-refractivity contribution >= 4 is 11.6 Å². The van der Waals surface area contributed by atoms with Crippen LogP contribution >= 0.6 is 0 Å². The quantitative estimate of drug-likeness (QED) is 0.793. The lowest BCUT2D eigenvalue weighted by molar-refractivity contribution is 0.249. The van der Waals surface area contributed by atoms with E-state index in [1.807, 2.05) is 19.0 Å². The first-order valence-electron chi connectivity index (χ1n) is 7.53. The molecule has 0 spiro atoms. The highest BCUT2D eigenvalue weighted by Gasteiger charge is 2.19. The van der Waals surface area contributed by atoms with Gasteiger partial charge in [0.2, 0.25) is 0 Å². The molecule has 2 rings (SSSR count). The zero-order chi connectivity index (χ0) is 14.5. The van der Waals surface area contributed by atoms with Crippen LogP contribution in [0.2, 0.25) is 0 Å². The Morgan fingerprint density at radius 2 is 1.70 bits per heavy atom. The van der Waals surface area contributed by atoms with Gasteiger partial charge in [-0.2, -0.15) is 0 Å². The summed E-state index contributed by atoms with van der Waals surface area (Å²) in [6.07, 6.45) is 7.40. The van der Waals surface area contributed by atoms with Gasteiger partial charge in [-0.1, -0.05) is 0 Å². The minimum Gasteiger partial charge on any atom is -0.360 e. The van der Waals surface area contributed by atoms with Crippen molar-refractivity contribution in [1.29, 1.82) is 0 Å². The minimum absolute atomic E-state index is 0.652. The molecule has 0 saturated carbocycles. The average Bonchev–Trinajstić information content (AvgIpc) is 2.98. The summed E-state index contributed by atoms with van der Waals surface area (Å²) in [5.41, 5.74) is 0. The number of hydrogen-bond acceptors (Lipinski definition) is 5. The molecular formula is C15H27N5. The normalized spacial score (nSPS) is 17.2. The molecule has 0 amide bonds. The van der Waals surface area contributed by atoms with E-state index in [2.05, 4.69) is 33.7 Å². The molecule has 1 aliphatic rings. The zero-order valence-electron chi connectivity index (χ0n) is 13.2. The Morgan fingerprint density at radius 1 is 1.10 bits per heavy atom. The first-order chi connectivity index (χ1) is 9.59. The van der Waals surface area contributed by atoms with Crippen LogP contribution in [0.15, 0.2) is 12.4 Å². The molecule has 5 heteroatoms. The highest BCUT2D eigenvalue weighted by molar-refractivity contribution is 5.60. The van der Waals surface area contributed by atoms with Gasteiger partial charge in [0.1, 0.15) is 0 Å². The molecule has 0 unspecified atom stereocenters. The van der Waals surface area contributed by atoms with E-state index in [1.165, 1.54) is 32.4 Å². The number of aromatic nitrogens is 2. The largest absolute Gasteiger partial charge is 0.360 e. The van der Waals surface area contributed by atoms with E-state index in [9.17, 15) is 0 Å². The number of anilines is 2. The highest BCUT2D eigenvalue weighted by atomic mass is 15.2. The van der Waals surface area contributed by atoms with E-state index < -0.39 is 0 Å². The van der Waals surface area contributed by atoms with Gasteiger partial charge >= 0.3 is 0 Å². The van der Waals surface area contributed by atoms with Crippen molar-refractivity contribution in [2.45, 2.75) is 32.2 Å². The third-order valence-corrected chi connectivity index (χ3v) is 4.09. The molecule has 20 heavy (non-hydrogen) atoms. The number of nitrogens with zero attached hydrogens (tertiary/aromatic N) is 5. The Hall–Kier alpha value is -1.36. The van der Waals surface area contributed by atoms with Gasteiger partial charge in [0.15, 0.2) is 11.6 Å². The summed E-state index contributed by atoms with van der Waals surface area (Å²) < 4.78 is 0. The molecule has 112 valence electrons. The van der Waals surface area contributed by atoms with E-state index in [1.54, 1.807) is 12.4 Å². The Morgan fingerprint density at radius 3 is 2.30 bits per heavy atom. The second-order valence-electron chi connectivity index (χ2n) is 5.90. The number of likely N-dealkylation sites (tertiary alicyclic amines) is 1. The summed E-state index contributed by atoms with van der Waals surface area (Å²) in [6.45, 7) is 5.87. The van der Waals surface area contributed by atoms with Crippen molar-refractivity contribution in [3.05, 3.63) is 12.4 Å². The maximum absolute atomic E-state index is 4.48. The van der Waals surface area contributed by atoms with E-state index in [0.29, 0.717) is 6.04 Å². The van der Waals surface area contributed by atoms with Crippen molar-refractivity contribution in [3.8, 4) is 0 Å². The number of hydrogen-bond donors (Lipinski definition) is 0. The first-order valence-corrected chi connectivity index (χ1v) is 7.53. The molecule has 0 N–H and O–H groups in total. The van der Waals surface area contributed by atoms with Crippen LogP contribution in [-0.4, -0.2) is 61.7 Å². The fraction of sp³-hybridized carbons (Fsp3) is 0.733. The second-order valence-corrected chi connectivity index (χ2v) is 5.90. The molecule has 0 aliphatic carbocycles. The lowest BCUT2D eigenvalue weighted by Gasteiger charge is -2.28. The van der Waals surface area contributed by atoms with E-state index in [4.69, 9.17) is 0 Å². The van der Waals surface area contributed by atoms with E-state index >= 15 is 0 Å². The molecule has 0 radical (unpaired) electrons. The summed E-state index contributed by atoms with van der Waals surface area (Å²) in [7, 11) is 6.12. The standard InChI is InChI=1S/C15H27N5/c1-13(20-10-5-6-11-20)7-12-19(4)15-14(18(2)3)16-8-9-17-15/h8-9,13H,5-7,10-12H2,1-4H3/t13-/m0/s1. The predicted molar refractivity (Wildman–Crippen MR) is 84.5 cm³/mol. The van der Waals surface area contributed by atoms with E-state index in [-0.39, 0.29) is 0 Å². The van der Waals surface area contributed by atoms with Crippen LogP contribution in [0.1, 0.15) is 26.2 Å². The summed E-state index contributed by atoms with van der Waals surface area (Å²) in [5, 5.41) is 0. The smallest absolute Gasteiger partial charge is 0.171 e. The van der Waals surface area contributed by atoms with Crippen molar-refractivity contribution in [1.82, 2.24) is 14.9 Å². The van der Waals surface area contributed by atoms with Gasteiger partial charge in [-0.3, -0.25) is 0 Å². The Balaban J connectivity index is 1.92. The van der Waals surface area contributed by atoms with Crippen molar-refractivity contribution in [2.24, 2.45) is 0 Å². The van der Waals surface area contributed by atoms with Crippen LogP contribution in [0.4, 0.5) is 11.6 Å². The Kier molecular flexibility index (Phi) is 5.17. The molecule has 0 aromatic carbocycles. The molecule has 1 aromatic heterocycles. The molecule has 1 aromatic rings. The molecular weight excluding hydrogens is 250 g/mol. The Labute approximate surface area is 122 Å². The summed E-state index contributed by atoms with van der Waals surface area (Å²) >= 11 is 0. The molecule has 1 aliphatic heterocycles. The zero-order valence-corrected chi connectivity index (χ0v) is 13.2. The van der Waals surface area contributed by atoms with Crippen LogP contribution in [0.5, 0.6) is 0 Å². The molecule has 1 saturated heterocycles. The maximum atomic E-state index is 4.48. The van der Waals surface area contributed by atoms with Crippen LogP contribution in [0.3, 0.4) is 0 Å². The van der Waals surface area contributed by atoms with Gasteiger partial charge in [-0.05, 0) is 39.3 Å². The van der Waals surface area contributed by atoms with Gasteiger partial charge in [-0.25, -0.2) is 9.97 Å². The molecule has 2 heterocycles. The fourth-order valence-electron chi connectivity index (χ4n) is 2.76. The van der Waals surface area contributed by atoms with Crippen LogP contribution in [0.25, 0.3) is 0 Å². The lowest BCUT2D eigenvalue weighted by Crippen LogP contribution is -2.34. The van der Waals surface area contributed by atoms with Gasteiger partial charge < -0.3 is 14.7 Å². The molecule has 1 atom stereocenters. The van der Waals surface area contributed by atoms with Crippen molar-refractivity contribution in [3.63, 3.8) is 0 Å². The highest BCUT2D eigenvalue weighted by Crippen LogP contribution is 2.22. The van der Waals surface area contributed by atoms with Crippen molar-refractivity contribution < 1.29 is 0 Å². The van der Waals surface area contributed by atoms with Crippen molar-refractivity contribution in [2.75, 3.05) is 50.6 Å². The molecule has 5 nitrogen and oxygen atoms in total. The van der Waals surface area contributed by atoms with Gasteiger partial charge in [0.05, 0.1) is 0 Å². The summed E-state index contributed by atoms with van der Waals surface area (Å²) in [5.74, 6) is 1.90. The second kappa shape index (κ2) is 6.88. The van der Waals surface area contributed by atoms with Gasteiger partial charge in [0.25, 0.3) is 0 Å². The van der Waals surface area contributed by atoms with Gasteiger partial charge in [0, 0.05) is 46.1 Å². The van der Waals surface area contributed by atoms with Crippen LogP contribution in [0, 0.1) is 0 Å². The monoisotopic (exact) mass is 277 g/mol. The predicted octanol–water partition coefficient (Wildman–Crippen LogP) is 1.85. The minimum atomic E-state index is 0.652. The topological polar surface area (TPSA) is 35.5 Å². The fourth-order valence-corrected chi connectivity index (χ4v) is 2.76. The first kappa shape index (κ1) is 15.0. The number of rotatable bonds is 6. The summed E-state index contributed by atoms with van der Waals surface area (Å²) in [6, 6.07) is 0.652. The molecule has 0 bridgehead atoms. The van der Waals surface area contributed by atoms with Crippen LogP contribution < -0.4 is 9.80 Å². The Bertz CT molecular complexity index is 414. The van der Waals surface area contributed by atoms with Gasteiger partial charge in [-0.15, -0.1) is 0 Å². The van der Waals surface area contributed by atoms with Crippen LogP contribution in [-0.2, 0) is 0 Å².